The first-order chi connectivity index (χ1) is 13.2. The summed E-state index contributed by atoms with van der Waals surface area (Å²) >= 11 is 0. The van der Waals surface area contributed by atoms with Crippen molar-refractivity contribution in [1.29, 1.82) is 0 Å². The molecule has 5 heteroatoms. The first kappa shape index (κ1) is 19.6. The Balaban J connectivity index is 1.79. The lowest BCUT2D eigenvalue weighted by atomic mass is 9.97. The fraction of sp³-hybridized carbons (Fsp3) is 0.591. The third-order valence-electron chi connectivity index (χ3n) is 5.02. The first-order valence-corrected chi connectivity index (χ1v) is 10.6. The molecule has 1 aromatic heterocycles. The average molecular weight is 368 g/mol. The van der Waals surface area contributed by atoms with Crippen molar-refractivity contribution in [3.05, 3.63) is 30.3 Å². The summed E-state index contributed by atoms with van der Waals surface area (Å²) in [4.78, 5) is 14.0. The van der Waals surface area contributed by atoms with Crippen LogP contribution in [0.3, 0.4) is 0 Å². The predicted octanol–water partition coefficient (Wildman–Crippen LogP) is 5.66. The molecule has 0 spiro atoms. The molecule has 1 aliphatic carbocycles. The Hall–Kier alpha value is -2.17. The van der Waals surface area contributed by atoms with Crippen LogP contribution in [0.15, 0.2) is 30.3 Å². The second-order valence-electron chi connectivity index (χ2n) is 7.86. The van der Waals surface area contributed by atoms with E-state index in [0.29, 0.717) is 17.9 Å². The second kappa shape index (κ2) is 10.2. The molecule has 1 saturated carbocycles. The molecular weight excluding hydrogens is 334 g/mol. The summed E-state index contributed by atoms with van der Waals surface area (Å²) in [5, 5.41) is 6.95. The van der Waals surface area contributed by atoms with Crippen molar-refractivity contribution < 1.29 is 0 Å². The van der Waals surface area contributed by atoms with Gasteiger partial charge < -0.3 is 10.6 Å². The van der Waals surface area contributed by atoms with Gasteiger partial charge in [-0.15, -0.1) is 0 Å². The highest BCUT2D eigenvalue weighted by Gasteiger charge is 2.14. The van der Waals surface area contributed by atoms with Gasteiger partial charge >= 0.3 is 0 Å². The van der Waals surface area contributed by atoms with Crippen LogP contribution < -0.4 is 10.6 Å². The molecule has 2 N–H and O–H groups in total. The smallest absolute Gasteiger partial charge is 0.228 e. The van der Waals surface area contributed by atoms with Gasteiger partial charge in [-0.1, -0.05) is 75.3 Å². The third-order valence-corrected chi connectivity index (χ3v) is 5.02. The predicted molar refractivity (Wildman–Crippen MR) is 113 cm³/mol. The van der Waals surface area contributed by atoms with E-state index in [1.165, 1.54) is 57.8 Å². The third kappa shape index (κ3) is 6.49. The zero-order chi connectivity index (χ0) is 18.9. The average Bonchev–Trinajstić information content (AvgIpc) is 2.67. The summed E-state index contributed by atoms with van der Waals surface area (Å²) in [5.74, 6) is 2.05. The molecule has 27 heavy (non-hydrogen) atoms. The van der Waals surface area contributed by atoms with Gasteiger partial charge in [0.15, 0.2) is 5.82 Å². The highest BCUT2D eigenvalue weighted by atomic mass is 15.2. The van der Waals surface area contributed by atoms with Gasteiger partial charge in [0.1, 0.15) is 0 Å². The van der Waals surface area contributed by atoms with Crippen molar-refractivity contribution in [2.45, 2.75) is 83.7 Å². The summed E-state index contributed by atoms with van der Waals surface area (Å²) in [7, 11) is 0. The Morgan fingerprint density at radius 2 is 1.37 bits per heavy atom. The molecule has 146 valence electrons. The van der Waals surface area contributed by atoms with E-state index in [4.69, 9.17) is 4.98 Å². The lowest BCUT2D eigenvalue weighted by Crippen LogP contribution is -2.23. The largest absolute Gasteiger partial charge is 0.352 e. The topological polar surface area (TPSA) is 62.7 Å². The number of rotatable bonds is 5. The molecule has 1 fully saturated rings. The van der Waals surface area contributed by atoms with E-state index in [0.717, 1.165) is 11.4 Å². The fourth-order valence-corrected chi connectivity index (χ4v) is 3.62. The molecule has 0 aliphatic heterocycles. The first-order valence-electron chi connectivity index (χ1n) is 10.6. The van der Waals surface area contributed by atoms with Crippen LogP contribution in [0.2, 0.25) is 0 Å². The molecule has 1 aliphatic rings. The van der Waals surface area contributed by atoms with Gasteiger partial charge in [0.25, 0.3) is 0 Å². The van der Waals surface area contributed by atoms with Crippen LogP contribution in [0, 0.1) is 0 Å². The molecule has 1 heterocycles. The standard InChI is InChI=1S/C22H33N5/c1-17(2)23-21-25-20(18-13-9-8-10-14-18)26-22(27-21)24-19-15-11-6-4-3-5-7-12-16-19/h8-10,13-14,17,19H,3-7,11-12,15-16H2,1-2H3,(H2,23,24,25,26,27). The van der Waals surface area contributed by atoms with Crippen LogP contribution in [0.25, 0.3) is 11.4 Å². The van der Waals surface area contributed by atoms with E-state index in [-0.39, 0.29) is 6.04 Å². The Kier molecular flexibility index (Phi) is 7.43. The Morgan fingerprint density at radius 1 is 0.778 bits per heavy atom. The van der Waals surface area contributed by atoms with Gasteiger partial charge in [-0.2, -0.15) is 15.0 Å². The summed E-state index contributed by atoms with van der Waals surface area (Å²) in [6.45, 7) is 4.20. The molecule has 5 nitrogen and oxygen atoms in total. The van der Waals surface area contributed by atoms with E-state index in [1.807, 2.05) is 30.3 Å². The highest BCUT2D eigenvalue weighted by Crippen LogP contribution is 2.22. The van der Waals surface area contributed by atoms with Crippen molar-refractivity contribution in [3.8, 4) is 11.4 Å². The normalized spacial score (nSPS) is 16.9. The van der Waals surface area contributed by atoms with E-state index < -0.39 is 0 Å². The summed E-state index contributed by atoms with van der Waals surface area (Å²) in [6.07, 6.45) is 11.8. The number of anilines is 2. The number of hydrogen-bond donors (Lipinski definition) is 2. The molecular formula is C22H33N5. The van der Waals surface area contributed by atoms with Crippen LogP contribution in [-0.4, -0.2) is 27.0 Å². The summed E-state index contributed by atoms with van der Waals surface area (Å²) in [5.41, 5.74) is 1.01. The zero-order valence-corrected chi connectivity index (χ0v) is 16.7. The fourth-order valence-electron chi connectivity index (χ4n) is 3.62. The number of nitrogens with zero attached hydrogens (tertiary/aromatic N) is 3. The summed E-state index contributed by atoms with van der Waals surface area (Å²) in [6, 6.07) is 10.9. The molecule has 2 aromatic rings. The van der Waals surface area contributed by atoms with Gasteiger partial charge in [0.2, 0.25) is 11.9 Å². The summed E-state index contributed by atoms with van der Waals surface area (Å²) < 4.78 is 0. The minimum atomic E-state index is 0.275. The highest BCUT2D eigenvalue weighted by molar-refractivity contribution is 5.57. The minimum Gasteiger partial charge on any atom is -0.352 e. The van der Waals surface area contributed by atoms with Crippen molar-refractivity contribution in [3.63, 3.8) is 0 Å². The lowest BCUT2D eigenvalue weighted by Gasteiger charge is -2.21. The maximum atomic E-state index is 4.73. The number of benzene rings is 1. The maximum Gasteiger partial charge on any atom is 0.228 e. The van der Waals surface area contributed by atoms with Crippen molar-refractivity contribution >= 4 is 11.9 Å². The van der Waals surface area contributed by atoms with Crippen LogP contribution in [0.4, 0.5) is 11.9 Å². The van der Waals surface area contributed by atoms with E-state index >= 15 is 0 Å². The lowest BCUT2D eigenvalue weighted by molar-refractivity contribution is 0.475. The molecule has 0 unspecified atom stereocenters. The molecule has 1 aromatic carbocycles. The second-order valence-corrected chi connectivity index (χ2v) is 7.86. The van der Waals surface area contributed by atoms with E-state index in [2.05, 4.69) is 34.4 Å². The number of hydrogen-bond acceptors (Lipinski definition) is 5. The molecule has 0 radical (unpaired) electrons. The van der Waals surface area contributed by atoms with Gasteiger partial charge in [0, 0.05) is 17.6 Å². The van der Waals surface area contributed by atoms with Gasteiger partial charge in [-0.05, 0) is 26.7 Å². The molecule has 0 amide bonds. The maximum absolute atomic E-state index is 4.73. The van der Waals surface area contributed by atoms with Crippen molar-refractivity contribution in [2.24, 2.45) is 0 Å². The number of nitrogens with one attached hydrogen (secondary N) is 2. The van der Waals surface area contributed by atoms with E-state index in [9.17, 15) is 0 Å². The van der Waals surface area contributed by atoms with Crippen molar-refractivity contribution in [2.75, 3.05) is 10.6 Å². The van der Waals surface area contributed by atoms with Crippen LogP contribution in [-0.2, 0) is 0 Å². The zero-order valence-electron chi connectivity index (χ0n) is 16.7. The van der Waals surface area contributed by atoms with Crippen LogP contribution in [0.1, 0.15) is 71.6 Å². The van der Waals surface area contributed by atoms with E-state index in [1.54, 1.807) is 0 Å². The quantitative estimate of drug-likeness (QED) is 0.713. The molecule has 0 bridgehead atoms. The van der Waals surface area contributed by atoms with Gasteiger partial charge in [-0.3, -0.25) is 0 Å². The monoisotopic (exact) mass is 367 g/mol. The Labute approximate surface area is 163 Å². The van der Waals surface area contributed by atoms with Crippen LogP contribution in [0.5, 0.6) is 0 Å². The molecule has 3 rings (SSSR count). The minimum absolute atomic E-state index is 0.275. The molecule has 0 saturated heterocycles. The van der Waals surface area contributed by atoms with Gasteiger partial charge in [0.05, 0.1) is 0 Å². The Morgan fingerprint density at radius 3 is 2.00 bits per heavy atom. The molecule has 0 atom stereocenters. The van der Waals surface area contributed by atoms with Crippen LogP contribution >= 0.6 is 0 Å². The van der Waals surface area contributed by atoms with Crippen molar-refractivity contribution in [1.82, 2.24) is 15.0 Å². The Bertz CT molecular complexity index is 676. The SMILES string of the molecule is CC(C)Nc1nc(NC2CCCCCCCCC2)nc(-c2ccccc2)n1. The van der Waals surface area contributed by atoms with Gasteiger partial charge in [-0.25, -0.2) is 0 Å². The number of aromatic nitrogens is 3.